The molecular weight excluding hydrogens is 240 g/mol. The van der Waals surface area contributed by atoms with Gasteiger partial charge in [0.15, 0.2) is 0 Å². The van der Waals surface area contributed by atoms with Gasteiger partial charge < -0.3 is 14.8 Å². The molecule has 4 heteroatoms. The molecule has 2 atom stereocenters. The van der Waals surface area contributed by atoms with Gasteiger partial charge in [0.2, 0.25) is 0 Å². The van der Waals surface area contributed by atoms with E-state index < -0.39 is 5.60 Å². The van der Waals surface area contributed by atoms with E-state index in [0.29, 0.717) is 0 Å². The number of nitrogens with zero attached hydrogens (tertiary/aromatic N) is 1. The van der Waals surface area contributed by atoms with Gasteiger partial charge in [-0.3, -0.25) is 4.90 Å². The molecule has 0 saturated carbocycles. The van der Waals surface area contributed by atoms with Crippen molar-refractivity contribution in [1.82, 2.24) is 10.2 Å². The van der Waals surface area contributed by atoms with Gasteiger partial charge in [0.25, 0.3) is 0 Å². The Morgan fingerprint density at radius 1 is 1.42 bits per heavy atom. The molecule has 2 heterocycles. The Balaban J connectivity index is 1.98. The molecule has 1 aliphatic heterocycles. The molecule has 2 N–H and O–H groups in total. The van der Waals surface area contributed by atoms with Crippen LogP contribution >= 0.6 is 0 Å². The highest BCUT2D eigenvalue weighted by atomic mass is 16.3. The summed E-state index contributed by atoms with van der Waals surface area (Å²) in [5.74, 6) is 1.01. The van der Waals surface area contributed by atoms with Crippen LogP contribution < -0.4 is 5.32 Å². The highest BCUT2D eigenvalue weighted by Crippen LogP contribution is 2.25. The van der Waals surface area contributed by atoms with E-state index in [-0.39, 0.29) is 12.1 Å². The molecule has 19 heavy (non-hydrogen) atoms. The zero-order valence-electron chi connectivity index (χ0n) is 12.2. The van der Waals surface area contributed by atoms with E-state index in [2.05, 4.69) is 10.2 Å². The van der Waals surface area contributed by atoms with Crippen LogP contribution in [0.3, 0.4) is 0 Å². The first-order valence-corrected chi connectivity index (χ1v) is 7.21. The first-order chi connectivity index (χ1) is 8.98. The molecule has 1 aliphatic rings. The number of nitrogens with one attached hydrogen (secondary N) is 1. The standard InChI is InChI=1S/C15H26N2O2/c1-12(15(2,3)18)16-11-13(14-7-6-10-19-14)17-8-4-5-9-17/h6-7,10,12-13,16,18H,4-5,8-9,11H2,1-3H3. The summed E-state index contributed by atoms with van der Waals surface area (Å²) >= 11 is 0. The zero-order valence-corrected chi connectivity index (χ0v) is 12.2. The molecule has 1 aromatic rings. The lowest BCUT2D eigenvalue weighted by Crippen LogP contribution is -2.47. The highest BCUT2D eigenvalue weighted by Gasteiger charge is 2.28. The minimum atomic E-state index is -0.710. The maximum atomic E-state index is 10.00. The average Bonchev–Trinajstić information content (AvgIpc) is 3.00. The van der Waals surface area contributed by atoms with Gasteiger partial charge >= 0.3 is 0 Å². The van der Waals surface area contributed by atoms with E-state index in [1.807, 2.05) is 32.9 Å². The molecule has 0 radical (unpaired) electrons. The van der Waals surface area contributed by atoms with Crippen LogP contribution in [0.25, 0.3) is 0 Å². The Morgan fingerprint density at radius 2 is 2.11 bits per heavy atom. The minimum Gasteiger partial charge on any atom is -0.468 e. The van der Waals surface area contributed by atoms with Crippen LogP contribution in [0.5, 0.6) is 0 Å². The summed E-state index contributed by atoms with van der Waals surface area (Å²) in [5, 5.41) is 13.4. The zero-order chi connectivity index (χ0) is 13.9. The fraction of sp³-hybridized carbons (Fsp3) is 0.733. The quantitative estimate of drug-likeness (QED) is 0.828. The lowest BCUT2D eigenvalue weighted by Gasteiger charge is -2.31. The molecule has 108 valence electrons. The molecule has 0 aromatic carbocycles. The molecule has 1 fully saturated rings. The molecule has 1 aromatic heterocycles. The van der Waals surface area contributed by atoms with Crippen molar-refractivity contribution >= 4 is 0 Å². The summed E-state index contributed by atoms with van der Waals surface area (Å²) < 4.78 is 5.58. The van der Waals surface area contributed by atoms with Crippen molar-refractivity contribution in [3.05, 3.63) is 24.2 Å². The number of aliphatic hydroxyl groups is 1. The van der Waals surface area contributed by atoms with Gasteiger partial charge in [-0.05, 0) is 58.8 Å². The van der Waals surface area contributed by atoms with Gasteiger partial charge in [-0.1, -0.05) is 0 Å². The molecule has 2 rings (SSSR count). The minimum absolute atomic E-state index is 0.0487. The lowest BCUT2D eigenvalue weighted by molar-refractivity contribution is 0.0406. The van der Waals surface area contributed by atoms with Crippen LogP contribution in [0.15, 0.2) is 22.8 Å². The van der Waals surface area contributed by atoms with Crippen LogP contribution in [0.1, 0.15) is 45.4 Å². The van der Waals surface area contributed by atoms with Crippen LogP contribution in [0, 0.1) is 0 Å². The van der Waals surface area contributed by atoms with Gasteiger partial charge in [0.1, 0.15) is 5.76 Å². The summed E-state index contributed by atoms with van der Waals surface area (Å²) in [6.45, 7) is 8.75. The van der Waals surface area contributed by atoms with E-state index in [4.69, 9.17) is 4.42 Å². The van der Waals surface area contributed by atoms with Crippen LogP contribution in [0.2, 0.25) is 0 Å². The SMILES string of the molecule is CC(NCC(c1ccco1)N1CCCC1)C(C)(C)O. The predicted octanol–water partition coefficient (Wildman–Crippen LogP) is 2.17. The van der Waals surface area contributed by atoms with E-state index in [9.17, 15) is 5.11 Å². The summed E-state index contributed by atoms with van der Waals surface area (Å²) in [6.07, 6.45) is 4.26. The fourth-order valence-electron chi connectivity index (χ4n) is 2.48. The second-order valence-corrected chi connectivity index (χ2v) is 6.06. The number of furan rings is 1. The van der Waals surface area contributed by atoms with Crippen LogP contribution in [0.4, 0.5) is 0 Å². The first-order valence-electron chi connectivity index (χ1n) is 7.21. The largest absolute Gasteiger partial charge is 0.468 e. The fourth-order valence-corrected chi connectivity index (χ4v) is 2.48. The first kappa shape index (κ1) is 14.6. The molecule has 0 aliphatic carbocycles. The van der Waals surface area contributed by atoms with Crippen molar-refractivity contribution in [1.29, 1.82) is 0 Å². The Bertz CT molecular complexity index is 364. The molecular formula is C15H26N2O2. The van der Waals surface area contributed by atoms with E-state index in [1.54, 1.807) is 6.26 Å². The molecule has 0 spiro atoms. The maximum Gasteiger partial charge on any atom is 0.122 e. The van der Waals surface area contributed by atoms with E-state index >= 15 is 0 Å². The normalized spacial score (nSPS) is 20.6. The van der Waals surface area contributed by atoms with Crippen molar-refractivity contribution in [2.24, 2.45) is 0 Å². The third-order valence-electron chi connectivity index (χ3n) is 4.13. The second-order valence-electron chi connectivity index (χ2n) is 6.06. The van der Waals surface area contributed by atoms with Crippen LogP contribution in [-0.2, 0) is 0 Å². The lowest BCUT2D eigenvalue weighted by atomic mass is 10.0. The molecule has 2 unspecified atom stereocenters. The predicted molar refractivity (Wildman–Crippen MR) is 76.0 cm³/mol. The molecule has 0 bridgehead atoms. The van der Waals surface area contributed by atoms with Gasteiger partial charge in [0, 0.05) is 12.6 Å². The monoisotopic (exact) mass is 266 g/mol. The van der Waals surface area contributed by atoms with Crippen molar-refractivity contribution in [2.75, 3.05) is 19.6 Å². The van der Waals surface area contributed by atoms with Crippen molar-refractivity contribution in [2.45, 2.75) is 51.3 Å². The van der Waals surface area contributed by atoms with Gasteiger partial charge in [-0.25, -0.2) is 0 Å². The van der Waals surface area contributed by atoms with Gasteiger partial charge in [-0.2, -0.15) is 0 Å². The topological polar surface area (TPSA) is 48.6 Å². The summed E-state index contributed by atoms with van der Waals surface area (Å²) in [5.41, 5.74) is -0.710. The third-order valence-corrected chi connectivity index (χ3v) is 4.13. The number of hydrogen-bond acceptors (Lipinski definition) is 4. The van der Waals surface area contributed by atoms with Crippen molar-refractivity contribution < 1.29 is 9.52 Å². The van der Waals surface area contributed by atoms with Gasteiger partial charge in [0.05, 0.1) is 17.9 Å². The number of rotatable bonds is 6. The third kappa shape index (κ3) is 3.81. The van der Waals surface area contributed by atoms with E-state index in [0.717, 1.165) is 25.4 Å². The Hall–Kier alpha value is -0.840. The maximum absolute atomic E-state index is 10.00. The second kappa shape index (κ2) is 6.07. The Kier molecular flexibility index (Phi) is 4.66. The Labute approximate surface area is 115 Å². The summed E-state index contributed by atoms with van der Waals surface area (Å²) in [7, 11) is 0. The average molecular weight is 266 g/mol. The molecule has 4 nitrogen and oxygen atoms in total. The van der Waals surface area contributed by atoms with E-state index in [1.165, 1.54) is 12.8 Å². The van der Waals surface area contributed by atoms with Crippen LogP contribution in [-0.4, -0.2) is 41.3 Å². The number of likely N-dealkylation sites (tertiary alicyclic amines) is 1. The van der Waals surface area contributed by atoms with Crippen molar-refractivity contribution in [3.8, 4) is 0 Å². The summed E-state index contributed by atoms with van der Waals surface area (Å²) in [4.78, 5) is 2.46. The number of hydrogen-bond donors (Lipinski definition) is 2. The molecule has 0 amide bonds. The summed E-state index contributed by atoms with van der Waals surface area (Å²) in [6, 6.07) is 4.30. The Morgan fingerprint density at radius 3 is 2.63 bits per heavy atom. The van der Waals surface area contributed by atoms with Crippen molar-refractivity contribution in [3.63, 3.8) is 0 Å². The van der Waals surface area contributed by atoms with Gasteiger partial charge in [-0.15, -0.1) is 0 Å². The highest BCUT2D eigenvalue weighted by molar-refractivity contribution is 5.06. The smallest absolute Gasteiger partial charge is 0.122 e. The molecule has 1 saturated heterocycles.